The lowest BCUT2D eigenvalue weighted by Crippen LogP contribution is -2.41. The summed E-state index contributed by atoms with van der Waals surface area (Å²) in [7, 11) is 0. The number of carbonyl (C=O) groups excluding carboxylic acids is 1. The van der Waals surface area contributed by atoms with Crippen molar-refractivity contribution in [1.29, 1.82) is 0 Å². The van der Waals surface area contributed by atoms with Crippen molar-refractivity contribution >= 4 is 17.4 Å². The third-order valence-electron chi connectivity index (χ3n) is 4.37. The van der Waals surface area contributed by atoms with Crippen molar-refractivity contribution in [1.82, 2.24) is 19.5 Å². The average molecular weight is 331 g/mol. The molecule has 24 heavy (non-hydrogen) atoms. The van der Waals surface area contributed by atoms with E-state index in [0.717, 1.165) is 29.6 Å². The molecule has 0 radical (unpaired) electrons. The van der Waals surface area contributed by atoms with Crippen molar-refractivity contribution in [3.63, 3.8) is 0 Å². The summed E-state index contributed by atoms with van der Waals surface area (Å²) in [5.74, 6) is 0.846. The molecule has 1 aliphatic rings. The SMILES string of the molecule is Cc1cc(C2CCN(C(=O)OC(C)(C)C)CC2)n2ncnc(N)c12. The highest BCUT2D eigenvalue weighted by Crippen LogP contribution is 2.32. The number of aromatic nitrogens is 3. The van der Waals surface area contributed by atoms with Crippen molar-refractivity contribution in [2.75, 3.05) is 18.8 Å². The van der Waals surface area contributed by atoms with Crippen LogP contribution in [0.3, 0.4) is 0 Å². The van der Waals surface area contributed by atoms with Crippen molar-refractivity contribution < 1.29 is 9.53 Å². The molecule has 3 rings (SSSR count). The van der Waals surface area contributed by atoms with Crippen molar-refractivity contribution in [3.8, 4) is 0 Å². The number of nitrogens with zero attached hydrogens (tertiary/aromatic N) is 4. The molecule has 7 heteroatoms. The van der Waals surface area contributed by atoms with E-state index in [9.17, 15) is 4.79 Å². The molecule has 0 saturated carbocycles. The maximum atomic E-state index is 12.2. The van der Waals surface area contributed by atoms with Crippen LogP contribution >= 0.6 is 0 Å². The summed E-state index contributed by atoms with van der Waals surface area (Å²) >= 11 is 0. The average Bonchev–Trinajstić information content (AvgIpc) is 2.84. The lowest BCUT2D eigenvalue weighted by molar-refractivity contribution is 0.0203. The third-order valence-corrected chi connectivity index (χ3v) is 4.37. The maximum absolute atomic E-state index is 12.2. The minimum Gasteiger partial charge on any atom is -0.444 e. The van der Waals surface area contributed by atoms with Gasteiger partial charge >= 0.3 is 6.09 Å². The van der Waals surface area contributed by atoms with Gasteiger partial charge in [-0.1, -0.05) is 0 Å². The van der Waals surface area contributed by atoms with Crippen LogP contribution in [0.15, 0.2) is 12.4 Å². The number of fused-ring (bicyclic) bond motifs is 1. The first-order valence-corrected chi connectivity index (χ1v) is 8.33. The number of piperidine rings is 1. The van der Waals surface area contributed by atoms with E-state index < -0.39 is 5.60 Å². The van der Waals surface area contributed by atoms with Gasteiger partial charge in [-0.2, -0.15) is 5.10 Å². The van der Waals surface area contributed by atoms with Crippen LogP contribution in [0, 0.1) is 6.92 Å². The Morgan fingerprint density at radius 1 is 1.33 bits per heavy atom. The second-order valence-electron chi connectivity index (χ2n) is 7.40. The van der Waals surface area contributed by atoms with E-state index in [1.807, 2.05) is 32.2 Å². The van der Waals surface area contributed by atoms with Crippen LogP contribution in [0.5, 0.6) is 0 Å². The van der Waals surface area contributed by atoms with E-state index in [2.05, 4.69) is 16.1 Å². The molecule has 0 aromatic carbocycles. The number of aryl methyl sites for hydroxylation is 1. The highest BCUT2D eigenvalue weighted by atomic mass is 16.6. The van der Waals surface area contributed by atoms with E-state index in [-0.39, 0.29) is 6.09 Å². The largest absolute Gasteiger partial charge is 0.444 e. The molecule has 0 atom stereocenters. The Bertz CT molecular complexity index is 754. The summed E-state index contributed by atoms with van der Waals surface area (Å²) in [5.41, 5.74) is 8.62. The van der Waals surface area contributed by atoms with Crippen molar-refractivity contribution in [3.05, 3.63) is 23.7 Å². The van der Waals surface area contributed by atoms with Crippen molar-refractivity contribution in [2.45, 2.75) is 52.1 Å². The van der Waals surface area contributed by atoms with Gasteiger partial charge in [0.2, 0.25) is 0 Å². The fourth-order valence-electron chi connectivity index (χ4n) is 3.26. The number of hydrogen-bond acceptors (Lipinski definition) is 5. The fraction of sp³-hybridized carbons (Fsp3) is 0.588. The molecule has 2 aromatic heterocycles. The predicted octanol–water partition coefficient (Wildman–Crippen LogP) is 2.73. The smallest absolute Gasteiger partial charge is 0.410 e. The third kappa shape index (κ3) is 3.16. The van der Waals surface area contributed by atoms with Crippen LogP contribution in [-0.2, 0) is 4.74 Å². The number of rotatable bonds is 1. The lowest BCUT2D eigenvalue weighted by Gasteiger charge is -2.33. The molecular formula is C17H25N5O2. The summed E-state index contributed by atoms with van der Waals surface area (Å²) in [4.78, 5) is 18.0. The van der Waals surface area contributed by atoms with Gasteiger partial charge in [0.15, 0.2) is 5.82 Å². The fourth-order valence-corrected chi connectivity index (χ4v) is 3.26. The molecule has 0 aliphatic carbocycles. The first kappa shape index (κ1) is 16.5. The van der Waals surface area contributed by atoms with Crippen LogP contribution in [0.1, 0.15) is 50.8 Å². The summed E-state index contributed by atoms with van der Waals surface area (Å²) in [6.07, 6.45) is 3.02. The van der Waals surface area contributed by atoms with Crippen LogP contribution in [-0.4, -0.2) is 44.3 Å². The van der Waals surface area contributed by atoms with E-state index in [1.165, 1.54) is 6.33 Å². The monoisotopic (exact) mass is 331 g/mol. The minimum atomic E-state index is -0.461. The Kier molecular flexibility index (Phi) is 4.11. The Balaban J connectivity index is 1.74. The first-order chi connectivity index (χ1) is 11.3. The van der Waals surface area contributed by atoms with Gasteiger partial charge in [-0.25, -0.2) is 14.3 Å². The zero-order valence-electron chi connectivity index (χ0n) is 14.7. The zero-order chi connectivity index (χ0) is 17.5. The van der Waals surface area contributed by atoms with Gasteiger partial charge in [-0.3, -0.25) is 0 Å². The summed E-state index contributed by atoms with van der Waals surface area (Å²) < 4.78 is 7.35. The molecule has 0 bridgehead atoms. The van der Waals surface area contributed by atoms with Gasteiger partial charge in [-0.15, -0.1) is 0 Å². The molecule has 3 heterocycles. The highest BCUT2D eigenvalue weighted by molar-refractivity contribution is 5.71. The van der Waals surface area contributed by atoms with Gasteiger partial charge in [0, 0.05) is 24.7 Å². The number of amides is 1. The predicted molar refractivity (Wildman–Crippen MR) is 91.9 cm³/mol. The highest BCUT2D eigenvalue weighted by Gasteiger charge is 2.29. The minimum absolute atomic E-state index is 0.233. The normalized spacial score (nSPS) is 16.6. The molecular weight excluding hydrogens is 306 g/mol. The second kappa shape index (κ2) is 5.96. The number of carbonyl (C=O) groups is 1. The molecule has 1 saturated heterocycles. The number of hydrogen-bond donors (Lipinski definition) is 1. The summed E-state index contributed by atoms with van der Waals surface area (Å²) in [6, 6.07) is 2.13. The second-order valence-corrected chi connectivity index (χ2v) is 7.40. The number of ether oxygens (including phenoxy) is 1. The van der Waals surface area contributed by atoms with Gasteiger partial charge in [0.05, 0.1) is 0 Å². The molecule has 0 unspecified atom stereocenters. The van der Waals surface area contributed by atoms with E-state index in [1.54, 1.807) is 4.90 Å². The summed E-state index contributed by atoms with van der Waals surface area (Å²) in [5, 5.41) is 4.36. The molecule has 0 spiro atoms. The lowest BCUT2D eigenvalue weighted by atomic mass is 9.93. The van der Waals surface area contributed by atoms with Crippen LogP contribution in [0.25, 0.3) is 5.52 Å². The number of anilines is 1. The van der Waals surface area contributed by atoms with Gasteiger partial charge < -0.3 is 15.4 Å². The quantitative estimate of drug-likeness (QED) is 0.868. The standard InChI is InChI=1S/C17H25N5O2/c1-11-9-13(22-14(11)15(18)19-10-20-22)12-5-7-21(8-6-12)16(23)24-17(2,3)4/h9-10,12H,5-8H2,1-4H3,(H2,18,19,20). The molecule has 1 aliphatic heterocycles. The van der Waals surface area contributed by atoms with Gasteiger partial charge in [-0.05, 0) is 52.2 Å². The van der Waals surface area contributed by atoms with Gasteiger partial charge in [0.1, 0.15) is 17.4 Å². The molecule has 130 valence electrons. The topological polar surface area (TPSA) is 85.8 Å². The molecule has 1 amide bonds. The zero-order valence-corrected chi connectivity index (χ0v) is 14.7. The number of likely N-dealkylation sites (tertiary alicyclic amines) is 1. The first-order valence-electron chi connectivity index (χ1n) is 8.33. The molecule has 2 N–H and O–H groups in total. The van der Waals surface area contributed by atoms with E-state index in [0.29, 0.717) is 24.8 Å². The van der Waals surface area contributed by atoms with Crippen LogP contribution < -0.4 is 5.73 Å². The van der Waals surface area contributed by atoms with Crippen molar-refractivity contribution in [2.24, 2.45) is 0 Å². The Hall–Kier alpha value is -2.31. The van der Waals surface area contributed by atoms with Crippen LogP contribution in [0.2, 0.25) is 0 Å². The number of nitrogens with two attached hydrogens (primary N) is 1. The van der Waals surface area contributed by atoms with E-state index >= 15 is 0 Å². The maximum Gasteiger partial charge on any atom is 0.410 e. The van der Waals surface area contributed by atoms with Gasteiger partial charge in [0.25, 0.3) is 0 Å². The Morgan fingerprint density at radius 2 is 2.00 bits per heavy atom. The Labute approximate surface area is 141 Å². The molecule has 7 nitrogen and oxygen atoms in total. The number of nitrogen functional groups attached to an aromatic ring is 1. The van der Waals surface area contributed by atoms with E-state index in [4.69, 9.17) is 10.5 Å². The van der Waals surface area contributed by atoms with Crippen LogP contribution in [0.4, 0.5) is 10.6 Å². The molecule has 2 aromatic rings. The molecule has 1 fully saturated rings. The Morgan fingerprint density at radius 3 is 2.62 bits per heavy atom. The summed E-state index contributed by atoms with van der Waals surface area (Å²) in [6.45, 7) is 9.05.